The van der Waals surface area contributed by atoms with Crippen LogP contribution in [-0.4, -0.2) is 19.5 Å². The number of hydrogen-bond acceptors (Lipinski definition) is 2. The Balaban J connectivity index is 1.90. The van der Waals surface area contributed by atoms with Crippen molar-refractivity contribution in [1.29, 1.82) is 0 Å². The summed E-state index contributed by atoms with van der Waals surface area (Å²) < 4.78 is 5.53. The van der Waals surface area contributed by atoms with Crippen LogP contribution in [0.3, 0.4) is 0 Å². The topological polar surface area (TPSA) is 26.3 Å². The average molecular weight is 220 g/mol. The highest BCUT2D eigenvalue weighted by Crippen LogP contribution is 2.01. The van der Waals surface area contributed by atoms with Crippen molar-refractivity contribution in [3.05, 3.63) is 35.9 Å². The van der Waals surface area contributed by atoms with E-state index in [-0.39, 0.29) is 0 Å². The zero-order valence-electron chi connectivity index (χ0n) is 9.73. The highest BCUT2D eigenvalue weighted by atomic mass is 16.5. The summed E-state index contributed by atoms with van der Waals surface area (Å²) in [6, 6.07) is 10.4. The number of carbonyl (C=O) groups excluding carboxylic acids is 1. The minimum absolute atomic E-state index is 0.685. The molecule has 0 saturated carbocycles. The molecule has 2 nitrogen and oxygen atoms in total. The molecule has 0 unspecified atom stereocenters. The van der Waals surface area contributed by atoms with Crippen LogP contribution in [0, 0.1) is 0 Å². The molecule has 0 aromatic heterocycles. The lowest BCUT2D eigenvalue weighted by atomic mass is 10.2. The van der Waals surface area contributed by atoms with Gasteiger partial charge in [-0.2, -0.15) is 0 Å². The van der Waals surface area contributed by atoms with Gasteiger partial charge in [-0.15, -0.1) is 0 Å². The minimum Gasteiger partial charge on any atom is -0.381 e. The lowest BCUT2D eigenvalue weighted by molar-refractivity contribution is -0.107. The number of hydrogen-bond donors (Lipinski definition) is 0. The molecular weight excluding hydrogens is 200 g/mol. The highest BCUT2D eigenvalue weighted by Gasteiger charge is 1.93. The third kappa shape index (κ3) is 6.36. The Hall–Kier alpha value is -1.15. The number of carbonyl (C=O) groups is 1. The maximum atomic E-state index is 10.1. The SMILES string of the molecule is O=CCCCCCOCCc1ccccc1. The Morgan fingerprint density at radius 2 is 1.81 bits per heavy atom. The predicted octanol–water partition coefficient (Wildman–Crippen LogP) is 3.01. The Morgan fingerprint density at radius 3 is 2.56 bits per heavy atom. The van der Waals surface area contributed by atoms with Gasteiger partial charge in [0, 0.05) is 13.0 Å². The molecule has 0 atom stereocenters. The monoisotopic (exact) mass is 220 g/mol. The van der Waals surface area contributed by atoms with Gasteiger partial charge in [-0.05, 0) is 24.8 Å². The molecule has 0 N–H and O–H groups in total. The molecule has 0 radical (unpaired) electrons. The summed E-state index contributed by atoms with van der Waals surface area (Å²) in [5, 5.41) is 0. The van der Waals surface area contributed by atoms with Gasteiger partial charge in [0.25, 0.3) is 0 Å². The summed E-state index contributed by atoms with van der Waals surface area (Å²) >= 11 is 0. The van der Waals surface area contributed by atoms with Crippen molar-refractivity contribution in [2.75, 3.05) is 13.2 Å². The smallest absolute Gasteiger partial charge is 0.119 e. The molecule has 0 bridgehead atoms. The molecule has 0 saturated heterocycles. The molecule has 1 aromatic carbocycles. The summed E-state index contributed by atoms with van der Waals surface area (Å²) in [6.07, 6.45) is 5.79. The van der Waals surface area contributed by atoms with Crippen LogP contribution >= 0.6 is 0 Å². The van der Waals surface area contributed by atoms with E-state index in [1.165, 1.54) is 5.56 Å². The first-order valence-electron chi connectivity index (χ1n) is 5.99. The lowest BCUT2D eigenvalue weighted by Crippen LogP contribution is -2.00. The fourth-order valence-electron chi connectivity index (χ4n) is 1.55. The van der Waals surface area contributed by atoms with Crippen LogP contribution < -0.4 is 0 Å². The molecule has 0 aliphatic rings. The number of unbranched alkanes of at least 4 members (excludes halogenated alkanes) is 3. The summed E-state index contributed by atoms with van der Waals surface area (Å²) in [5.74, 6) is 0. The van der Waals surface area contributed by atoms with Crippen molar-refractivity contribution in [2.45, 2.75) is 32.1 Å². The van der Waals surface area contributed by atoms with E-state index in [9.17, 15) is 4.79 Å². The quantitative estimate of drug-likeness (QED) is 0.472. The normalized spacial score (nSPS) is 10.2. The minimum atomic E-state index is 0.685. The van der Waals surface area contributed by atoms with E-state index in [0.717, 1.165) is 45.2 Å². The fourth-order valence-corrected chi connectivity index (χ4v) is 1.55. The van der Waals surface area contributed by atoms with Crippen LogP contribution in [0.1, 0.15) is 31.2 Å². The summed E-state index contributed by atoms with van der Waals surface area (Å²) in [6.45, 7) is 1.60. The first kappa shape index (κ1) is 12.9. The van der Waals surface area contributed by atoms with Gasteiger partial charge in [0.1, 0.15) is 6.29 Å². The van der Waals surface area contributed by atoms with Crippen molar-refractivity contribution >= 4 is 6.29 Å². The molecule has 1 aromatic rings. The van der Waals surface area contributed by atoms with Crippen LogP contribution in [0.4, 0.5) is 0 Å². The summed E-state index contributed by atoms with van der Waals surface area (Å²) in [5.41, 5.74) is 1.32. The van der Waals surface area contributed by atoms with Crippen LogP contribution in [-0.2, 0) is 16.0 Å². The van der Waals surface area contributed by atoms with Crippen molar-refractivity contribution in [2.24, 2.45) is 0 Å². The molecule has 1 rings (SSSR count). The number of benzene rings is 1. The second kappa shape index (κ2) is 9.10. The van der Waals surface area contributed by atoms with Gasteiger partial charge in [-0.25, -0.2) is 0 Å². The van der Waals surface area contributed by atoms with E-state index in [1.807, 2.05) is 6.07 Å². The van der Waals surface area contributed by atoms with Crippen LogP contribution in [0.5, 0.6) is 0 Å². The van der Waals surface area contributed by atoms with E-state index >= 15 is 0 Å². The first-order chi connectivity index (χ1) is 7.93. The molecule has 0 amide bonds. The molecule has 0 aliphatic carbocycles. The van der Waals surface area contributed by atoms with E-state index in [1.54, 1.807) is 0 Å². The van der Waals surface area contributed by atoms with Gasteiger partial charge in [-0.3, -0.25) is 0 Å². The molecule has 16 heavy (non-hydrogen) atoms. The van der Waals surface area contributed by atoms with Crippen LogP contribution in [0.15, 0.2) is 30.3 Å². The van der Waals surface area contributed by atoms with Gasteiger partial charge in [0.15, 0.2) is 0 Å². The second-order valence-electron chi connectivity index (χ2n) is 3.86. The molecular formula is C14H20O2. The Kier molecular flexibility index (Phi) is 7.35. The van der Waals surface area contributed by atoms with E-state index in [2.05, 4.69) is 24.3 Å². The highest BCUT2D eigenvalue weighted by molar-refractivity contribution is 5.48. The van der Waals surface area contributed by atoms with Crippen molar-refractivity contribution in [1.82, 2.24) is 0 Å². The molecule has 0 fully saturated rings. The molecule has 2 heteroatoms. The van der Waals surface area contributed by atoms with Gasteiger partial charge < -0.3 is 9.53 Å². The van der Waals surface area contributed by atoms with Crippen LogP contribution in [0.2, 0.25) is 0 Å². The van der Waals surface area contributed by atoms with Gasteiger partial charge in [0.2, 0.25) is 0 Å². The second-order valence-corrected chi connectivity index (χ2v) is 3.86. The van der Waals surface area contributed by atoms with Crippen molar-refractivity contribution < 1.29 is 9.53 Å². The largest absolute Gasteiger partial charge is 0.381 e. The summed E-state index contributed by atoms with van der Waals surface area (Å²) in [4.78, 5) is 10.1. The Labute approximate surface area is 97.6 Å². The maximum Gasteiger partial charge on any atom is 0.119 e. The third-order valence-electron chi connectivity index (χ3n) is 2.49. The molecule has 0 spiro atoms. The van der Waals surface area contributed by atoms with E-state index in [4.69, 9.17) is 4.74 Å². The average Bonchev–Trinajstić information content (AvgIpc) is 2.34. The molecule has 88 valence electrons. The van der Waals surface area contributed by atoms with E-state index < -0.39 is 0 Å². The number of ether oxygens (including phenoxy) is 1. The number of rotatable bonds is 9. The van der Waals surface area contributed by atoms with Gasteiger partial charge in [0.05, 0.1) is 6.61 Å². The Bertz CT molecular complexity index is 269. The molecule has 0 heterocycles. The maximum absolute atomic E-state index is 10.1. The standard InChI is InChI=1S/C14H20O2/c15-11-6-1-2-7-12-16-13-10-14-8-4-3-5-9-14/h3-5,8-9,11H,1-2,6-7,10,12-13H2. The van der Waals surface area contributed by atoms with Gasteiger partial charge in [-0.1, -0.05) is 36.8 Å². The van der Waals surface area contributed by atoms with Crippen molar-refractivity contribution in [3.63, 3.8) is 0 Å². The molecule has 0 aliphatic heterocycles. The first-order valence-corrected chi connectivity index (χ1v) is 5.99. The number of aldehydes is 1. The third-order valence-corrected chi connectivity index (χ3v) is 2.49. The van der Waals surface area contributed by atoms with Crippen LogP contribution in [0.25, 0.3) is 0 Å². The van der Waals surface area contributed by atoms with E-state index in [0.29, 0.717) is 6.42 Å². The van der Waals surface area contributed by atoms with Crippen molar-refractivity contribution in [3.8, 4) is 0 Å². The zero-order chi connectivity index (χ0) is 11.5. The Morgan fingerprint density at radius 1 is 1.00 bits per heavy atom. The summed E-state index contributed by atoms with van der Waals surface area (Å²) in [7, 11) is 0. The lowest BCUT2D eigenvalue weighted by Gasteiger charge is -2.03. The zero-order valence-corrected chi connectivity index (χ0v) is 9.73. The predicted molar refractivity (Wildman–Crippen MR) is 65.5 cm³/mol. The van der Waals surface area contributed by atoms with Gasteiger partial charge >= 0.3 is 0 Å². The fraction of sp³-hybridized carbons (Fsp3) is 0.500.